The van der Waals surface area contributed by atoms with E-state index in [1.54, 1.807) is 0 Å². The fraction of sp³-hybridized carbons (Fsp3) is 0.778. The second kappa shape index (κ2) is 7.95. The van der Waals surface area contributed by atoms with Crippen molar-refractivity contribution in [1.82, 2.24) is 20.0 Å². The molecule has 1 amide bonds. The predicted molar refractivity (Wildman–Crippen MR) is 93.4 cm³/mol. The fourth-order valence-electron chi connectivity index (χ4n) is 3.62. The Balaban J connectivity index is 2.08. The highest BCUT2D eigenvalue weighted by Gasteiger charge is 2.28. The first-order valence-electron chi connectivity index (χ1n) is 8.96. The van der Waals surface area contributed by atoms with Crippen molar-refractivity contribution in [2.45, 2.75) is 59.4 Å². The molecular weight excluding hydrogens is 288 g/mol. The van der Waals surface area contributed by atoms with Crippen LogP contribution in [0, 0.1) is 19.8 Å². The van der Waals surface area contributed by atoms with Gasteiger partial charge in [0.15, 0.2) is 0 Å². The van der Waals surface area contributed by atoms with E-state index in [1.165, 1.54) is 11.3 Å². The van der Waals surface area contributed by atoms with Crippen LogP contribution in [0.5, 0.6) is 0 Å². The van der Waals surface area contributed by atoms with E-state index in [2.05, 4.69) is 36.1 Å². The normalized spacial score (nSPS) is 17.3. The van der Waals surface area contributed by atoms with Gasteiger partial charge in [-0.1, -0.05) is 13.8 Å². The molecule has 5 nitrogen and oxygen atoms in total. The largest absolute Gasteiger partial charge is 0.339 e. The van der Waals surface area contributed by atoms with Crippen LogP contribution in [0.1, 0.15) is 50.1 Å². The third-order valence-electron chi connectivity index (χ3n) is 5.09. The highest BCUT2D eigenvalue weighted by atomic mass is 16.2. The minimum absolute atomic E-state index is 0.0121. The molecule has 23 heavy (non-hydrogen) atoms. The number of carbonyl (C=O) groups excluding carboxylic acids is 1. The van der Waals surface area contributed by atoms with Crippen LogP contribution >= 0.6 is 0 Å². The Bertz CT molecular complexity index is 531. The maximum Gasteiger partial charge on any atom is 0.225 e. The average molecular weight is 320 g/mol. The molecule has 2 heterocycles. The van der Waals surface area contributed by atoms with E-state index in [1.807, 2.05) is 18.7 Å². The molecule has 1 saturated heterocycles. The minimum atomic E-state index is 0.0121. The van der Waals surface area contributed by atoms with Gasteiger partial charge in [0.25, 0.3) is 0 Å². The Morgan fingerprint density at radius 3 is 2.57 bits per heavy atom. The van der Waals surface area contributed by atoms with Crippen molar-refractivity contribution in [3.8, 4) is 0 Å². The molecule has 0 aliphatic carbocycles. The number of nitrogens with one attached hydrogen (secondary N) is 1. The summed E-state index contributed by atoms with van der Waals surface area (Å²) in [5.74, 6) is 0.319. The monoisotopic (exact) mass is 320 g/mol. The molecule has 1 aromatic heterocycles. The zero-order chi connectivity index (χ0) is 17.0. The number of hydrogen-bond donors (Lipinski definition) is 1. The summed E-state index contributed by atoms with van der Waals surface area (Å²) in [5.41, 5.74) is 3.45. The molecule has 1 aliphatic rings. The Kier molecular flexibility index (Phi) is 6.22. The molecule has 1 aromatic rings. The number of carbonyl (C=O) groups is 1. The number of hydrogen-bond acceptors (Lipinski definition) is 3. The van der Waals surface area contributed by atoms with Gasteiger partial charge < -0.3 is 10.2 Å². The SMILES string of the molecule is CCCN(C(=O)C(C)Cc1c(C)nn(C)c1C)C1CCNCC1. The molecule has 0 saturated carbocycles. The third-order valence-corrected chi connectivity index (χ3v) is 5.09. The van der Waals surface area contributed by atoms with E-state index in [-0.39, 0.29) is 5.92 Å². The summed E-state index contributed by atoms with van der Waals surface area (Å²) in [7, 11) is 1.97. The smallest absolute Gasteiger partial charge is 0.225 e. The van der Waals surface area contributed by atoms with E-state index in [4.69, 9.17) is 0 Å². The van der Waals surface area contributed by atoms with Gasteiger partial charge in [0, 0.05) is 31.2 Å². The van der Waals surface area contributed by atoms with E-state index < -0.39 is 0 Å². The van der Waals surface area contributed by atoms with Crippen molar-refractivity contribution in [3.05, 3.63) is 17.0 Å². The molecule has 1 unspecified atom stereocenters. The first kappa shape index (κ1) is 18.0. The van der Waals surface area contributed by atoms with Gasteiger partial charge in [-0.25, -0.2) is 0 Å². The summed E-state index contributed by atoms with van der Waals surface area (Å²) in [6, 6.07) is 0.405. The van der Waals surface area contributed by atoms with Crippen molar-refractivity contribution >= 4 is 5.91 Å². The van der Waals surface area contributed by atoms with Crippen LogP contribution in [0.3, 0.4) is 0 Å². The highest BCUT2D eigenvalue weighted by molar-refractivity contribution is 5.79. The minimum Gasteiger partial charge on any atom is -0.339 e. The van der Waals surface area contributed by atoms with Crippen molar-refractivity contribution in [3.63, 3.8) is 0 Å². The number of nitrogens with zero attached hydrogens (tertiary/aromatic N) is 3. The number of piperidine rings is 1. The van der Waals surface area contributed by atoms with E-state index in [9.17, 15) is 4.79 Å². The van der Waals surface area contributed by atoms with E-state index in [0.717, 1.165) is 51.0 Å². The Morgan fingerprint density at radius 2 is 2.04 bits per heavy atom. The standard InChI is InChI=1S/C18H32N4O/c1-6-11-22(16-7-9-19-10-8-16)18(23)13(2)12-17-14(3)20-21(5)15(17)4/h13,16,19H,6-12H2,1-5H3. The zero-order valence-corrected chi connectivity index (χ0v) is 15.4. The highest BCUT2D eigenvalue weighted by Crippen LogP contribution is 2.21. The molecule has 1 aliphatic heterocycles. The number of rotatable bonds is 6. The summed E-state index contributed by atoms with van der Waals surface area (Å²) in [4.78, 5) is 15.2. The summed E-state index contributed by atoms with van der Waals surface area (Å²) < 4.78 is 1.92. The first-order chi connectivity index (χ1) is 11.0. The molecule has 0 aromatic carbocycles. The zero-order valence-electron chi connectivity index (χ0n) is 15.4. The Morgan fingerprint density at radius 1 is 1.39 bits per heavy atom. The molecule has 0 radical (unpaired) electrons. The maximum atomic E-state index is 13.0. The topological polar surface area (TPSA) is 50.2 Å². The molecule has 1 N–H and O–H groups in total. The molecule has 130 valence electrons. The second-order valence-electron chi connectivity index (χ2n) is 6.89. The number of aryl methyl sites for hydroxylation is 2. The van der Waals surface area contributed by atoms with Crippen LogP contribution in [0.4, 0.5) is 0 Å². The predicted octanol–water partition coefficient (Wildman–Crippen LogP) is 2.21. The third kappa shape index (κ3) is 4.14. The molecule has 1 fully saturated rings. The van der Waals surface area contributed by atoms with Crippen molar-refractivity contribution in [1.29, 1.82) is 0 Å². The van der Waals surface area contributed by atoms with Gasteiger partial charge in [0.2, 0.25) is 5.91 Å². The lowest BCUT2D eigenvalue weighted by atomic mass is 9.96. The summed E-state index contributed by atoms with van der Waals surface area (Å²) in [6.07, 6.45) is 3.95. The van der Waals surface area contributed by atoms with Crippen LogP contribution in [0.25, 0.3) is 0 Å². The van der Waals surface area contributed by atoms with Crippen LogP contribution in [-0.4, -0.2) is 46.3 Å². The van der Waals surface area contributed by atoms with Gasteiger partial charge in [-0.05, 0) is 58.2 Å². The molecule has 0 bridgehead atoms. The molecule has 0 spiro atoms. The van der Waals surface area contributed by atoms with Gasteiger partial charge in [0.1, 0.15) is 0 Å². The van der Waals surface area contributed by atoms with E-state index >= 15 is 0 Å². The van der Waals surface area contributed by atoms with Crippen molar-refractivity contribution in [2.75, 3.05) is 19.6 Å². The quantitative estimate of drug-likeness (QED) is 0.874. The summed E-state index contributed by atoms with van der Waals surface area (Å²) in [6.45, 7) is 11.3. The lowest BCUT2D eigenvalue weighted by Crippen LogP contribution is -2.48. The van der Waals surface area contributed by atoms with Crippen molar-refractivity contribution in [2.24, 2.45) is 13.0 Å². The molecule has 1 atom stereocenters. The van der Waals surface area contributed by atoms with Gasteiger partial charge in [-0.3, -0.25) is 9.48 Å². The van der Waals surface area contributed by atoms with Crippen LogP contribution in [0.15, 0.2) is 0 Å². The van der Waals surface area contributed by atoms with Gasteiger partial charge in [0.05, 0.1) is 5.69 Å². The summed E-state index contributed by atoms with van der Waals surface area (Å²) in [5, 5.41) is 7.87. The van der Waals surface area contributed by atoms with Gasteiger partial charge in [-0.2, -0.15) is 5.10 Å². The molecule has 5 heteroatoms. The van der Waals surface area contributed by atoms with Gasteiger partial charge in [-0.15, -0.1) is 0 Å². The first-order valence-corrected chi connectivity index (χ1v) is 8.96. The van der Waals surface area contributed by atoms with Crippen molar-refractivity contribution < 1.29 is 4.79 Å². The van der Waals surface area contributed by atoms with Crippen LogP contribution < -0.4 is 5.32 Å². The van der Waals surface area contributed by atoms with E-state index in [0.29, 0.717) is 11.9 Å². The lowest BCUT2D eigenvalue weighted by molar-refractivity contribution is -0.138. The summed E-state index contributed by atoms with van der Waals surface area (Å²) >= 11 is 0. The van der Waals surface area contributed by atoms with Gasteiger partial charge >= 0.3 is 0 Å². The Labute approximate surface area is 140 Å². The lowest BCUT2D eigenvalue weighted by Gasteiger charge is -2.36. The Hall–Kier alpha value is -1.36. The molecule has 2 rings (SSSR count). The molecular formula is C18H32N4O. The maximum absolute atomic E-state index is 13.0. The second-order valence-corrected chi connectivity index (χ2v) is 6.89. The van der Waals surface area contributed by atoms with Crippen LogP contribution in [-0.2, 0) is 18.3 Å². The number of aromatic nitrogens is 2. The fourth-order valence-corrected chi connectivity index (χ4v) is 3.62. The average Bonchev–Trinajstić information content (AvgIpc) is 2.79. The number of amides is 1. The van der Waals surface area contributed by atoms with Crippen LogP contribution in [0.2, 0.25) is 0 Å².